The third-order valence-corrected chi connectivity index (χ3v) is 2.85. The lowest BCUT2D eigenvalue weighted by Crippen LogP contribution is -2.44. The molecule has 2 fully saturated rings. The second-order valence-corrected chi connectivity index (χ2v) is 3.85. The van der Waals surface area contributed by atoms with Crippen LogP contribution in [0.15, 0.2) is 0 Å². The molecule has 0 saturated carbocycles. The minimum atomic E-state index is -4.00. The highest BCUT2D eigenvalue weighted by atomic mass is 19.4. The van der Waals surface area contributed by atoms with Crippen molar-refractivity contribution in [2.45, 2.75) is 31.1 Å². The van der Waals surface area contributed by atoms with E-state index in [2.05, 4.69) is 5.32 Å². The molecule has 0 unspecified atom stereocenters. The normalized spacial score (nSPS) is 34.4. The molecular formula is C8H13F3N2. The third kappa shape index (κ3) is 2.14. The van der Waals surface area contributed by atoms with E-state index >= 15 is 0 Å². The average molecular weight is 194 g/mol. The summed E-state index contributed by atoms with van der Waals surface area (Å²) in [5.74, 6) is 0. The molecule has 0 spiro atoms. The van der Waals surface area contributed by atoms with Crippen molar-refractivity contribution in [2.75, 3.05) is 19.6 Å². The first-order valence-corrected chi connectivity index (χ1v) is 4.59. The number of piperazine rings is 1. The Balaban J connectivity index is 1.78. The van der Waals surface area contributed by atoms with Crippen LogP contribution in [0, 0.1) is 0 Å². The minimum Gasteiger partial charge on any atom is -0.311 e. The standard InChI is InChI=1S/C8H13F3N2/c9-8(10,11)1-2-13-5-6-3-7(13)4-12-6/h6-7,12H,1-5H2/t6-,7-/m0/s1. The molecule has 5 heteroatoms. The van der Waals surface area contributed by atoms with Gasteiger partial charge in [-0.2, -0.15) is 13.2 Å². The summed E-state index contributed by atoms with van der Waals surface area (Å²) < 4.78 is 35.7. The molecular weight excluding hydrogens is 181 g/mol. The quantitative estimate of drug-likeness (QED) is 0.705. The predicted molar refractivity (Wildman–Crippen MR) is 42.4 cm³/mol. The van der Waals surface area contributed by atoms with E-state index in [9.17, 15) is 13.2 Å². The Hall–Kier alpha value is -0.290. The number of hydrogen-bond donors (Lipinski definition) is 1. The second kappa shape index (κ2) is 3.13. The van der Waals surface area contributed by atoms with Crippen molar-refractivity contribution in [3.05, 3.63) is 0 Å². The number of likely N-dealkylation sites (tertiary alicyclic amines) is 1. The molecule has 76 valence electrons. The molecule has 0 amide bonds. The molecule has 1 N–H and O–H groups in total. The zero-order valence-electron chi connectivity index (χ0n) is 7.27. The van der Waals surface area contributed by atoms with Gasteiger partial charge >= 0.3 is 6.18 Å². The highest BCUT2D eigenvalue weighted by Gasteiger charge is 2.39. The number of alkyl halides is 3. The second-order valence-electron chi connectivity index (χ2n) is 3.85. The Labute approximate surface area is 75.1 Å². The smallest absolute Gasteiger partial charge is 0.311 e. The minimum absolute atomic E-state index is 0.173. The summed E-state index contributed by atoms with van der Waals surface area (Å²) in [6.07, 6.45) is -3.65. The van der Waals surface area contributed by atoms with Crippen LogP contribution in [-0.4, -0.2) is 42.8 Å². The Morgan fingerprint density at radius 3 is 2.62 bits per heavy atom. The van der Waals surface area contributed by atoms with Crippen LogP contribution < -0.4 is 5.32 Å². The zero-order valence-corrected chi connectivity index (χ0v) is 7.27. The van der Waals surface area contributed by atoms with Crippen LogP contribution in [0.2, 0.25) is 0 Å². The van der Waals surface area contributed by atoms with E-state index in [0.29, 0.717) is 12.1 Å². The van der Waals surface area contributed by atoms with Gasteiger partial charge in [0.25, 0.3) is 0 Å². The average Bonchev–Trinajstić information content (AvgIpc) is 2.58. The lowest BCUT2D eigenvalue weighted by Gasteiger charge is -2.27. The van der Waals surface area contributed by atoms with Crippen LogP contribution in [0.1, 0.15) is 12.8 Å². The number of fused-ring (bicyclic) bond motifs is 2. The summed E-state index contributed by atoms with van der Waals surface area (Å²) in [4.78, 5) is 1.95. The largest absolute Gasteiger partial charge is 0.390 e. The van der Waals surface area contributed by atoms with Crippen molar-refractivity contribution in [2.24, 2.45) is 0 Å². The maximum Gasteiger partial charge on any atom is 0.390 e. The van der Waals surface area contributed by atoms with E-state index in [0.717, 1.165) is 19.5 Å². The van der Waals surface area contributed by atoms with Crippen LogP contribution in [0.4, 0.5) is 13.2 Å². The van der Waals surface area contributed by atoms with Crippen LogP contribution >= 0.6 is 0 Å². The fourth-order valence-corrected chi connectivity index (χ4v) is 2.19. The van der Waals surface area contributed by atoms with Crippen molar-refractivity contribution in [1.29, 1.82) is 0 Å². The lowest BCUT2D eigenvalue weighted by molar-refractivity contribution is -0.138. The van der Waals surface area contributed by atoms with Gasteiger partial charge in [0.15, 0.2) is 0 Å². The van der Waals surface area contributed by atoms with Crippen molar-refractivity contribution in [1.82, 2.24) is 10.2 Å². The van der Waals surface area contributed by atoms with E-state index in [1.165, 1.54) is 0 Å². The van der Waals surface area contributed by atoms with Gasteiger partial charge in [0.2, 0.25) is 0 Å². The van der Waals surface area contributed by atoms with E-state index in [-0.39, 0.29) is 6.54 Å². The zero-order chi connectivity index (χ0) is 9.47. The van der Waals surface area contributed by atoms with Crippen LogP contribution in [0.3, 0.4) is 0 Å². The summed E-state index contributed by atoms with van der Waals surface area (Å²) >= 11 is 0. The fraction of sp³-hybridized carbons (Fsp3) is 1.00. The highest BCUT2D eigenvalue weighted by Crippen LogP contribution is 2.26. The van der Waals surface area contributed by atoms with Gasteiger partial charge in [0.05, 0.1) is 6.42 Å². The number of rotatable bonds is 2. The molecule has 2 saturated heterocycles. The fourth-order valence-electron chi connectivity index (χ4n) is 2.19. The van der Waals surface area contributed by atoms with Gasteiger partial charge in [0.1, 0.15) is 0 Å². The molecule has 0 aromatic rings. The van der Waals surface area contributed by atoms with Gasteiger partial charge in [-0.3, -0.25) is 4.90 Å². The number of halogens is 3. The SMILES string of the molecule is FC(F)(F)CCN1C[C@@H]2C[C@H]1CN2. The van der Waals surface area contributed by atoms with Crippen LogP contribution in [-0.2, 0) is 0 Å². The maximum absolute atomic E-state index is 11.9. The van der Waals surface area contributed by atoms with Gasteiger partial charge in [-0.1, -0.05) is 0 Å². The van der Waals surface area contributed by atoms with Crippen molar-refractivity contribution >= 4 is 0 Å². The molecule has 2 rings (SSSR count). The summed E-state index contributed by atoms with van der Waals surface area (Å²) in [5, 5.41) is 3.26. The first-order chi connectivity index (χ1) is 6.04. The van der Waals surface area contributed by atoms with Gasteiger partial charge in [0, 0.05) is 31.7 Å². The summed E-state index contributed by atoms with van der Waals surface area (Å²) in [7, 11) is 0. The Kier molecular flexibility index (Phi) is 2.23. The van der Waals surface area contributed by atoms with E-state index in [1.54, 1.807) is 0 Å². The van der Waals surface area contributed by atoms with E-state index < -0.39 is 12.6 Å². The Bertz CT molecular complexity index is 192. The molecule has 2 bridgehead atoms. The number of hydrogen-bond acceptors (Lipinski definition) is 2. The van der Waals surface area contributed by atoms with Gasteiger partial charge in [-0.15, -0.1) is 0 Å². The predicted octanol–water partition coefficient (Wildman–Crippen LogP) is 0.985. The molecule has 0 aliphatic carbocycles. The lowest BCUT2D eigenvalue weighted by atomic mass is 10.2. The first-order valence-electron chi connectivity index (χ1n) is 4.59. The molecule has 2 atom stereocenters. The molecule has 2 aliphatic heterocycles. The Morgan fingerprint density at radius 1 is 1.38 bits per heavy atom. The molecule has 0 aromatic heterocycles. The van der Waals surface area contributed by atoms with Crippen molar-refractivity contribution < 1.29 is 13.2 Å². The monoisotopic (exact) mass is 194 g/mol. The summed E-state index contributed by atoms with van der Waals surface area (Å²) in [5.41, 5.74) is 0. The molecule has 2 heterocycles. The number of nitrogens with zero attached hydrogens (tertiary/aromatic N) is 1. The maximum atomic E-state index is 11.9. The molecule has 13 heavy (non-hydrogen) atoms. The topological polar surface area (TPSA) is 15.3 Å². The van der Waals surface area contributed by atoms with Crippen molar-refractivity contribution in [3.8, 4) is 0 Å². The highest BCUT2D eigenvalue weighted by molar-refractivity contribution is 4.97. The number of nitrogens with one attached hydrogen (secondary N) is 1. The summed E-state index contributed by atoms with van der Waals surface area (Å²) in [6.45, 7) is 1.83. The van der Waals surface area contributed by atoms with E-state index in [1.807, 2.05) is 4.90 Å². The van der Waals surface area contributed by atoms with Crippen LogP contribution in [0.25, 0.3) is 0 Å². The van der Waals surface area contributed by atoms with E-state index in [4.69, 9.17) is 0 Å². The van der Waals surface area contributed by atoms with Crippen molar-refractivity contribution in [3.63, 3.8) is 0 Å². The van der Waals surface area contributed by atoms with Gasteiger partial charge < -0.3 is 5.32 Å². The molecule has 0 aromatic carbocycles. The van der Waals surface area contributed by atoms with Crippen LogP contribution in [0.5, 0.6) is 0 Å². The summed E-state index contributed by atoms with van der Waals surface area (Å²) in [6, 6.07) is 0.797. The third-order valence-electron chi connectivity index (χ3n) is 2.85. The first kappa shape index (κ1) is 9.27. The van der Waals surface area contributed by atoms with Gasteiger partial charge in [-0.05, 0) is 6.42 Å². The molecule has 2 nitrogen and oxygen atoms in total. The molecule has 0 radical (unpaired) electrons. The Morgan fingerprint density at radius 2 is 2.15 bits per heavy atom. The molecule has 2 aliphatic rings. The van der Waals surface area contributed by atoms with Gasteiger partial charge in [-0.25, -0.2) is 0 Å².